The van der Waals surface area contributed by atoms with Gasteiger partial charge in [0.25, 0.3) is 0 Å². The Balaban J connectivity index is 2.99. The Morgan fingerprint density at radius 1 is 1.44 bits per heavy atom. The lowest BCUT2D eigenvalue weighted by Crippen LogP contribution is -2.20. The lowest BCUT2D eigenvalue weighted by molar-refractivity contribution is -0.157. The minimum Gasteiger partial charge on any atom is -0.481 e. The van der Waals surface area contributed by atoms with Gasteiger partial charge in [-0.25, -0.2) is 0 Å². The molecule has 0 aliphatic carbocycles. The van der Waals surface area contributed by atoms with Crippen molar-refractivity contribution in [1.82, 2.24) is 0 Å². The lowest BCUT2D eigenvalue weighted by Gasteiger charge is -2.15. The molecule has 1 rings (SSSR count). The van der Waals surface area contributed by atoms with Gasteiger partial charge in [-0.15, -0.1) is 0 Å². The zero-order valence-electron chi connectivity index (χ0n) is 7.96. The monoisotopic (exact) mass is 252 g/mol. The number of rotatable bonds is 3. The zero-order valence-corrected chi connectivity index (χ0v) is 8.72. The summed E-state index contributed by atoms with van der Waals surface area (Å²) in [5.74, 6) is -3.13. The van der Waals surface area contributed by atoms with Crippen LogP contribution in [0.2, 0.25) is 5.02 Å². The third-order valence-corrected chi connectivity index (χ3v) is 2.22. The number of alkyl halides is 3. The molecule has 1 N–H and O–H groups in total. The highest BCUT2D eigenvalue weighted by Crippen LogP contribution is 2.32. The van der Waals surface area contributed by atoms with E-state index in [-0.39, 0.29) is 10.6 Å². The Kier molecular flexibility index (Phi) is 3.80. The van der Waals surface area contributed by atoms with E-state index in [9.17, 15) is 18.0 Å². The van der Waals surface area contributed by atoms with Crippen molar-refractivity contribution in [3.63, 3.8) is 0 Å². The number of carboxylic acid groups (broad SMARTS) is 1. The minimum absolute atomic E-state index is 0.0531. The molecule has 0 unspecified atom stereocenters. The van der Waals surface area contributed by atoms with E-state index < -0.39 is 24.5 Å². The number of halogens is 4. The molecule has 0 heterocycles. The molecule has 16 heavy (non-hydrogen) atoms. The zero-order chi connectivity index (χ0) is 12.3. The van der Waals surface area contributed by atoms with Gasteiger partial charge in [-0.2, -0.15) is 13.2 Å². The molecule has 88 valence electrons. The second-order valence-electron chi connectivity index (χ2n) is 3.27. The summed E-state index contributed by atoms with van der Waals surface area (Å²) in [6, 6.07) is 5.43. The molecule has 0 amide bonds. The van der Waals surface area contributed by atoms with Gasteiger partial charge in [-0.1, -0.05) is 23.7 Å². The normalized spacial score (nSPS) is 13.5. The van der Waals surface area contributed by atoms with Gasteiger partial charge < -0.3 is 5.11 Å². The van der Waals surface area contributed by atoms with Crippen molar-refractivity contribution in [1.29, 1.82) is 0 Å². The Morgan fingerprint density at radius 2 is 2.06 bits per heavy atom. The van der Waals surface area contributed by atoms with Crippen molar-refractivity contribution in [2.24, 2.45) is 0 Å². The van der Waals surface area contributed by atoms with Crippen LogP contribution in [0.1, 0.15) is 17.9 Å². The van der Waals surface area contributed by atoms with E-state index in [1.54, 1.807) is 0 Å². The molecule has 1 aromatic rings. The molecule has 0 aromatic heterocycles. The summed E-state index contributed by atoms with van der Waals surface area (Å²) in [5, 5.41) is 8.95. The van der Waals surface area contributed by atoms with Crippen LogP contribution in [-0.4, -0.2) is 17.3 Å². The number of aliphatic carboxylic acids is 1. The van der Waals surface area contributed by atoms with Gasteiger partial charge in [0.15, 0.2) is 0 Å². The Bertz CT molecular complexity index is 390. The summed E-state index contributed by atoms with van der Waals surface area (Å²) in [4.78, 5) is 10.7. The van der Waals surface area contributed by atoms with E-state index in [2.05, 4.69) is 0 Å². The van der Waals surface area contributed by atoms with Crippen molar-refractivity contribution in [3.8, 4) is 0 Å². The summed E-state index contributed by atoms with van der Waals surface area (Å²) in [7, 11) is 0. The molecule has 0 bridgehead atoms. The SMILES string of the molecule is O=C(O)[C@@H](CC(F)(F)F)c1cccc(Cl)c1. The molecule has 1 atom stereocenters. The highest BCUT2D eigenvalue weighted by Gasteiger charge is 2.36. The smallest absolute Gasteiger partial charge is 0.390 e. The fourth-order valence-electron chi connectivity index (χ4n) is 1.30. The van der Waals surface area contributed by atoms with Gasteiger partial charge in [0, 0.05) is 5.02 Å². The molecule has 0 saturated carbocycles. The quantitative estimate of drug-likeness (QED) is 0.894. The topological polar surface area (TPSA) is 37.3 Å². The van der Waals surface area contributed by atoms with Crippen molar-refractivity contribution < 1.29 is 23.1 Å². The maximum atomic E-state index is 12.2. The first kappa shape index (κ1) is 12.8. The molecule has 0 spiro atoms. The molecular weight excluding hydrogens is 245 g/mol. The lowest BCUT2D eigenvalue weighted by atomic mass is 9.96. The van der Waals surface area contributed by atoms with Gasteiger partial charge in [-0.05, 0) is 17.7 Å². The van der Waals surface area contributed by atoms with Crippen LogP contribution in [0.15, 0.2) is 24.3 Å². The fourth-order valence-corrected chi connectivity index (χ4v) is 1.50. The van der Waals surface area contributed by atoms with Crippen LogP contribution < -0.4 is 0 Å². The first-order valence-corrected chi connectivity index (χ1v) is 4.72. The van der Waals surface area contributed by atoms with Crippen LogP contribution in [0, 0.1) is 0 Å². The molecular formula is C10H8ClF3O2. The van der Waals surface area contributed by atoms with Gasteiger partial charge in [-0.3, -0.25) is 4.79 Å². The molecule has 2 nitrogen and oxygen atoms in total. The number of hydrogen-bond acceptors (Lipinski definition) is 1. The van der Waals surface area contributed by atoms with Crippen LogP contribution in [0.5, 0.6) is 0 Å². The first-order chi connectivity index (χ1) is 7.29. The van der Waals surface area contributed by atoms with E-state index in [4.69, 9.17) is 16.7 Å². The summed E-state index contributed by atoms with van der Waals surface area (Å²) < 4.78 is 36.5. The molecule has 0 aliphatic rings. The predicted octanol–water partition coefficient (Wildman–Crippen LogP) is 3.46. The molecule has 0 fully saturated rings. The van der Waals surface area contributed by atoms with Crippen LogP contribution in [0.25, 0.3) is 0 Å². The van der Waals surface area contributed by atoms with E-state index in [1.165, 1.54) is 24.3 Å². The first-order valence-electron chi connectivity index (χ1n) is 4.34. The van der Waals surface area contributed by atoms with E-state index >= 15 is 0 Å². The highest BCUT2D eigenvalue weighted by atomic mass is 35.5. The molecule has 0 saturated heterocycles. The predicted molar refractivity (Wildman–Crippen MR) is 52.5 cm³/mol. The average Bonchev–Trinajstić information content (AvgIpc) is 2.12. The Hall–Kier alpha value is -1.23. The van der Waals surface area contributed by atoms with Crippen LogP contribution in [0.4, 0.5) is 13.2 Å². The van der Waals surface area contributed by atoms with Crippen LogP contribution in [0.3, 0.4) is 0 Å². The number of benzene rings is 1. The molecule has 6 heteroatoms. The minimum atomic E-state index is -4.52. The van der Waals surface area contributed by atoms with Gasteiger partial charge in [0.1, 0.15) is 0 Å². The van der Waals surface area contributed by atoms with Gasteiger partial charge in [0.2, 0.25) is 0 Å². The Labute approximate surface area is 94.6 Å². The van der Waals surface area contributed by atoms with E-state index in [0.717, 1.165) is 0 Å². The van der Waals surface area contributed by atoms with Crippen molar-refractivity contribution >= 4 is 17.6 Å². The summed E-state index contributed by atoms with van der Waals surface area (Å²) in [6.45, 7) is 0. The summed E-state index contributed by atoms with van der Waals surface area (Å²) >= 11 is 5.59. The van der Waals surface area contributed by atoms with Crippen molar-refractivity contribution in [2.45, 2.75) is 18.5 Å². The van der Waals surface area contributed by atoms with Crippen LogP contribution >= 0.6 is 11.6 Å². The fraction of sp³-hybridized carbons (Fsp3) is 0.300. The standard InChI is InChI=1S/C10H8ClF3O2/c11-7-3-1-2-6(4-7)8(9(15)16)5-10(12,13)14/h1-4,8H,5H2,(H,15,16)/t8-/m0/s1. The number of carbonyl (C=O) groups is 1. The molecule has 0 aliphatic heterocycles. The second-order valence-corrected chi connectivity index (χ2v) is 3.70. The Morgan fingerprint density at radius 3 is 2.50 bits per heavy atom. The number of hydrogen-bond donors (Lipinski definition) is 1. The maximum Gasteiger partial charge on any atom is 0.390 e. The van der Waals surface area contributed by atoms with Gasteiger partial charge in [0.05, 0.1) is 12.3 Å². The molecule has 0 radical (unpaired) electrons. The second kappa shape index (κ2) is 4.74. The average molecular weight is 253 g/mol. The molecule has 1 aromatic carbocycles. The maximum absolute atomic E-state index is 12.2. The van der Waals surface area contributed by atoms with E-state index in [1.807, 2.05) is 0 Å². The largest absolute Gasteiger partial charge is 0.481 e. The van der Waals surface area contributed by atoms with Crippen molar-refractivity contribution in [2.75, 3.05) is 0 Å². The number of carboxylic acids is 1. The van der Waals surface area contributed by atoms with Crippen LogP contribution in [-0.2, 0) is 4.79 Å². The summed E-state index contributed by atoms with van der Waals surface area (Å²) in [5.41, 5.74) is 0.0531. The van der Waals surface area contributed by atoms with Crippen molar-refractivity contribution in [3.05, 3.63) is 34.9 Å². The summed E-state index contributed by atoms with van der Waals surface area (Å²) in [6.07, 6.45) is -5.92. The third-order valence-electron chi connectivity index (χ3n) is 1.98. The third kappa shape index (κ3) is 3.73. The van der Waals surface area contributed by atoms with Gasteiger partial charge >= 0.3 is 12.1 Å². The van der Waals surface area contributed by atoms with E-state index in [0.29, 0.717) is 0 Å². The highest BCUT2D eigenvalue weighted by molar-refractivity contribution is 6.30.